The molecular weight excluding hydrogens is 242 g/mol. The van der Waals surface area contributed by atoms with Crippen molar-refractivity contribution in [1.29, 1.82) is 5.26 Å². The van der Waals surface area contributed by atoms with Gasteiger partial charge in [-0.3, -0.25) is 4.79 Å². The van der Waals surface area contributed by atoms with Gasteiger partial charge < -0.3 is 10.0 Å². The molecule has 0 radical (unpaired) electrons. The molecule has 1 aliphatic heterocycles. The van der Waals surface area contributed by atoms with Gasteiger partial charge in [0, 0.05) is 25.2 Å². The van der Waals surface area contributed by atoms with Crippen LogP contribution < -0.4 is 4.90 Å². The predicted molar refractivity (Wildman–Crippen MR) is 70.9 cm³/mol. The van der Waals surface area contributed by atoms with Crippen molar-refractivity contribution in [2.24, 2.45) is 5.92 Å². The molecule has 5 nitrogen and oxygen atoms in total. The van der Waals surface area contributed by atoms with Crippen molar-refractivity contribution < 1.29 is 9.90 Å². The summed E-state index contributed by atoms with van der Waals surface area (Å²) in [6, 6.07) is 5.79. The lowest BCUT2D eigenvalue weighted by Crippen LogP contribution is -2.22. The van der Waals surface area contributed by atoms with Crippen molar-refractivity contribution in [3.05, 3.63) is 23.4 Å². The second-order valence-electron chi connectivity index (χ2n) is 4.97. The van der Waals surface area contributed by atoms with Crippen LogP contribution in [-0.2, 0) is 4.79 Å². The molecule has 1 unspecified atom stereocenters. The van der Waals surface area contributed by atoms with E-state index in [1.165, 1.54) is 0 Å². The van der Waals surface area contributed by atoms with Gasteiger partial charge in [0.25, 0.3) is 0 Å². The highest BCUT2D eigenvalue weighted by molar-refractivity contribution is 5.66. The summed E-state index contributed by atoms with van der Waals surface area (Å²) >= 11 is 0. The molecule has 2 heterocycles. The molecule has 0 aliphatic carbocycles. The zero-order valence-electron chi connectivity index (χ0n) is 11.0. The van der Waals surface area contributed by atoms with Crippen LogP contribution in [0.2, 0.25) is 0 Å². The summed E-state index contributed by atoms with van der Waals surface area (Å²) in [5.41, 5.74) is 1.48. The average molecular weight is 259 g/mol. The molecule has 0 spiro atoms. The minimum Gasteiger partial charge on any atom is -0.481 e. The summed E-state index contributed by atoms with van der Waals surface area (Å²) in [7, 11) is 0. The Bertz CT molecular complexity index is 522. The summed E-state index contributed by atoms with van der Waals surface area (Å²) < 4.78 is 0. The van der Waals surface area contributed by atoms with Gasteiger partial charge in [0.2, 0.25) is 0 Å². The quantitative estimate of drug-likeness (QED) is 0.894. The van der Waals surface area contributed by atoms with Crippen molar-refractivity contribution in [2.75, 3.05) is 18.0 Å². The minimum atomic E-state index is -0.746. The minimum absolute atomic E-state index is 0.213. The van der Waals surface area contributed by atoms with E-state index in [4.69, 9.17) is 10.4 Å². The van der Waals surface area contributed by atoms with Gasteiger partial charge in [-0.1, -0.05) is 0 Å². The summed E-state index contributed by atoms with van der Waals surface area (Å²) in [4.78, 5) is 17.1. The van der Waals surface area contributed by atoms with Gasteiger partial charge in [-0.15, -0.1) is 0 Å². The summed E-state index contributed by atoms with van der Waals surface area (Å²) in [5, 5.41) is 17.8. The van der Waals surface area contributed by atoms with E-state index in [2.05, 4.69) is 16.0 Å². The SMILES string of the molecule is Cc1ccc(C#N)c(N2CCC(CCC(=O)O)C2)n1. The fourth-order valence-corrected chi connectivity index (χ4v) is 2.46. The number of aliphatic carboxylic acids is 1. The molecule has 1 fully saturated rings. The lowest BCUT2D eigenvalue weighted by atomic mass is 10.0. The van der Waals surface area contributed by atoms with Crippen LogP contribution in [0.5, 0.6) is 0 Å². The van der Waals surface area contributed by atoms with Crippen molar-refractivity contribution in [3.8, 4) is 6.07 Å². The van der Waals surface area contributed by atoms with E-state index in [9.17, 15) is 4.79 Å². The summed E-state index contributed by atoms with van der Waals surface area (Å²) in [6.07, 6.45) is 1.87. The zero-order chi connectivity index (χ0) is 13.8. The Labute approximate surface area is 112 Å². The Morgan fingerprint density at radius 1 is 1.63 bits per heavy atom. The first-order chi connectivity index (χ1) is 9.10. The number of aromatic nitrogens is 1. The highest BCUT2D eigenvalue weighted by Gasteiger charge is 2.25. The van der Waals surface area contributed by atoms with Crippen LogP contribution >= 0.6 is 0 Å². The molecule has 1 aliphatic rings. The van der Waals surface area contributed by atoms with Gasteiger partial charge >= 0.3 is 5.97 Å². The van der Waals surface area contributed by atoms with Crippen LogP contribution in [0.25, 0.3) is 0 Å². The third kappa shape index (κ3) is 3.22. The molecule has 19 heavy (non-hydrogen) atoms. The maximum Gasteiger partial charge on any atom is 0.303 e. The van der Waals surface area contributed by atoms with Gasteiger partial charge in [0.1, 0.15) is 11.9 Å². The smallest absolute Gasteiger partial charge is 0.303 e. The van der Waals surface area contributed by atoms with E-state index < -0.39 is 5.97 Å². The van der Waals surface area contributed by atoms with Gasteiger partial charge in [0.15, 0.2) is 0 Å². The topological polar surface area (TPSA) is 77.2 Å². The largest absolute Gasteiger partial charge is 0.481 e. The number of anilines is 1. The van der Waals surface area contributed by atoms with Crippen LogP contribution in [0.3, 0.4) is 0 Å². The molecule has 2 rings (SSSR count). The Hall–Kier alpha value is -2.09. The first-order valence-corrected chi connectivity index (χ1v) is 6.44. The summed E-state index contributed by atoms with van der Waals surface area (Å²) in [5.74, 6) is 0.370. The van der Waals surface area contributed by atoms with Crippen LogP contribution in [0.15, 0.2) is 12.1 Å². The van der Waals surface area contributed by atoms with E-state index in [0.717, 1.165) is 31.0 Å². The Kier molecular flexibility index (Phi) is 4.00. The summed E-state index contributed by atoms with van der Waals surface area (Å²) in [6.45, 7) is 3.54. The van der Waals surface area contributed by atoms with Crippen LogP contribution in [0, 0.1) is 24.2 Å². The van der Waals surface area contributed by atoms with Gasteiger partial charge in [-0.25, -0.2) is 4.98 Å². The zero-order valence-corrected chi connectivity index (χ0v) is 11.0. The molecule has 100 valence electrons. The number of carboxylic acid groups (broad SMARTS) is 1. The molecule has 0 aromatic carbocycles. The van der Waals surface area contributed by atoms with Gasteiger partial charge in [-0.05, 0) is 37.8 Å². The number of carbonyl (C=O) groups is 1. The van der Waals surface area contributed by atoms with Gasteiger partial charge in [0.05, 0.1) is 5.56 Å². The number of hydrogen-bond donors (Lipinski definition) is 1. The second-order valence-corrected chi connectivity index (χ2v) is 4.97. The first-order valence-electron chi connectivity index (χ1n) is 6.44. The monoisotopic (exact) mass is 259 g/mol. The highest BCUT2D eigenvalue weighted by atomic mass is 16.4. The average Bonchev–Trinajstić information content (AvgIpc) is 2.85. The number of hydrogen-bond acceptors (Lipinski definition) is 4. The number of aryl methyl sites for hydroxylation is 1. The maximum absolute atomic E-state index is 10.6. The highest BCUT2D eigenvalue weighted by Crippen LogP contribution is 2.27. The number of pyridine rings is 1. The third-order valence-corrected chi connectivity index (χ3v) is 3.49. The van der Waals surface area contributed by atoms with Crippen LogP contribution in [0.4, 0.5) is 5.82 Å². The van der Waals surface area contributed by atoms with E-state index >= 15 is 0 Å². The van der Waals surface area contributed by atoms with Crippen LogP contribution in [-0.4, -0.2) is 29.1 Å². The number of nitriles is 1. The predicted octanol–water partition coefficient (Wildman–Crippen LogP) is 1.95. The van der Waals surface area contributed by atoms with E-state index in [1.807, 2.05) is 13.0 Å². The van der Waals surface area contributed by atoms with Crippen LogP contribution in [0.1, 0.15) is 30.5 Å². The molecule has 5 heteroatoms. The van der Waals surface area contributed by atoms with Crippen molar-refractivity contribution in [3.63, 3.8) is 0 Å². The molecule has 0 amide bonds. The van der Waals surface area contributed by atoms with E-state index in [-0.39, 0.29) is 6.42 Å². The molecule has 1 aromatic rings. The van der Waals surface area contributed by atoms with Crippen molar-refractivity contribution >= 4 is 11.8 Å². The molecule has 1 atom stereocenters. The fourth-order valence-electron chi connectivity index (χ4n) is 2.46. The lowest BCUT2D eigenvalue weighted by Gasteiger charge is -2.19. The molecular formula is C14H17N3O2. The normalized spacial score (nSPS) is 18.3. The molecule has 0 saturated carbocycles. The molecule has 1 aromatic heterocycles. The number of nitrogens with zero attached hydrogens (tertiary/aromatic N) is 3. The standard InChI is InChI=1S/C14H17N3O2/c1-10-2-4-12(8-15)14(16-10)17-7-6-11(9-17)3-5-13(18)19/h2,4,11H,3,5-7,9H2,1H3,(H,18,19). The third-order valence-electron chi connectivity index (χ3n) is 3.49. The second kappa shape index (κ2) is 5.70. The molecule has 0 bridgehead atoms. The maximum atomic E-state index is 10.6. The Morgan fingerprint density at radius 3 is 3.11 bits per heavy atom. The fraction of sp³-hybridized carbons (Fsp3) is 0.500. The van der Waals surface area contributed by atoms with E-state index in [0.29, 0.717) is 17.9 Å². The van der Waals surface area contributed by atoms with E-state index in [1.54, 1.807) is 6.07 Å². The van der Waals surface area contributed by atoms with Gasteiger partial charge in [-0.2, -0.15) is 5.26 Å². The lowest BCUT2D eigenvalue weighted by molar-refractivity contribution is -0.137. The number of rotatable bonds is 4. The Balaban J connectivity index is 2.06. The van der Waals surface area contributed by atoms with Crippen molar-refractivity contribution in [1.82, 2.24) is 4.98 Å². The number of carboxylic acids is 1. The van der Waals surface area contributed by atoms with Crippen molar-refractivity contribution in [2.45, 2.75) is 26.2 Å². The molecule has 1 N–H and O–H groups in total. The Morgan fingerprint density at radius 2 is 2.42 bits per heavy atom. The first kappa shape index (κ1) is 13.3. The molecule has 1 saturated heterocycles.